The molecular formula is C83H87N15O10. The molecule has 10 aromatic rings. The lowest BCUT2D eigenvalue weighted by Gasteiger charge is -2.34. The molecule has 4 aromatic carbocycles. The molecule has 25 heteroatoms. The molecule has 0 radical (unpaired) electrons. The van der Waals surface area contributed by atoms with Crippen LogP contribution in [0, 0.1) is 13.8 Å². The quantitative estimate of drug-likeness (QED) is 0.0345. The number of nitrogens with one attached hydrogen (secondary N) is 6. The Kier molecular flexibility index (Phi) is 22.6. The minimum Gasteiger partial charge on any atom is -0.493 e. The van der Waals surface area contributed by atoms with E-state index in [4.69, 9.17) is 9.47 Å². The number of carbonyl (C=O) groups excluding carboxylic acids is 8. The summed E-state index contributed by atoms with van der Waals surface area (Å²) >= 11 is 0. The number of aromatic nitrogens is 6. The molecule has 554 valence electrons. The number of nitrogens with zero attached hydrogens (tertiary/aromatic N) is 9. The SMILES string of the molecule is Cc1cc2c(cc1OCCCC(=O)Nc1cc(C(=O)Nc3ccc(-c4cc(C(=O)Nc5cccnc5)n(C)c4)cc3)n(C)c1)CC[C@@H]1CCCCN1C2=O.Cc1cc2c(cc1OCCCC(=O)Nc1cc(C(=O)Nc3ccc(-c4cc(C(=O)Nc5cccnc5)n(C)c4)cc3)n(C)c1)N=C[C@@H]1CCCCN1C2=O. The highest BCUT2D eigenvalue weighted by Gasteiger charge is 2.34. The van der Waals surface area contributed by atoms with Gasteiger partial charge in [0.15, 0.2) is 0 Å². The van der Waals surface area contributed by atoms with Gasteiger partial charge in [-0.2, -0.15) is 0 Å². The van der Waals surface area contributed by atoms with Crippen LogP contribution >= 0.6 is 0 Å². The molecule has 14 rings (SSSR count). The predicted octanol–water partition coefficient (Wildman–Crippen LogP) is 13.7. The van der Waals surface area contributed by atoms with E-state index in [1.807, 2.05) is 112 Å². The van der Waals surface area contributed by atoms with Gasteiger partial charge in [-0.1, -0.05) is 24.3 Å². The van der Waals surface area contributed by atoms with Gasteiger partial charge in [0.05, 0.1) is 65.6 Å². The summed E-state index contributed by atoms with van der Waals surface area (Å²) in [5.41, 5.74) is 13.5. The zero-order valence-corrected chi connectivity index (χ0v) is 61.3. The Morgan fingerprint density at radius 3 is 1.42 bits per heavy atom. The van der Waals surface area contributed by atoms with Gasteiger partial charge in [-0.05, 0) is 197 Å². The van der Waals surface area contributed by atoms with Crippen molar-refractivity contribution < 1.29 is 47.8 Å². The Morgan fingerprint density at radius 2 is 0.907 bits per heavy atom. The lowest BCUT2D eigenvalue weighted by Crippen LogP contribution is -2.43. The molecule has 6 aromatic heterocycles. The third-order valence-corrected chi connectivity index (χ3v) is 19.9. The molecule has 2 saturated heterocycles. The number of pyridine rings is 2. The first kappa shape index (κ1) is 73.6. The Bertz CT molecular complexity index is 5050. The van der Waals surface area contributed by atoms with Gasteiger partial charge in [-0.3, -0.25) is 53.3 Å². The van der Waals surface area contributed by atoms with Crippen LogP contribution in [0.3, 0.4) is 0 Å². The zero-order valence-electron chi connectivity index (χ0n) is 61.3. The molecule has 6 N–H and O–H groups in total. The van der Waals surface area contributed by atoms with Crippen molar-refractivity contribution in [2.75, 3.05) is 58.2 Å². The average molecular weight is 1450 g/mol. The number of aryl methyl sites for hydroxylation is 7. The first-order valence-corrected chi connectivity index (χ1v) is 36.5. The van der Waals surface area contributed by atoms with Crippen LogP contribution < -0.4 is 41.4 Å². The van der Waals surface area contributed by atoms with Crippen LogP contribution in [0.2, 0.25) is 0 Å². The minimum absolute atomic E-state index is 0.0128. The van der Waals surface area contributed by atoms with E-state index >= 15 is 0 Å². The van der Waals surface area contributed by atoms with Crippen molar-refractivity contribution in [1.29, 1.82) is 0 Å². The number of ether oxygens (including phenoxy) is 2. The van der Waals surface area contributed by atoms with Gasteiger partial charge < -0.3 is 69.4 Å². The first-order chi connectivity index (χ1) is 52.2. The summed E-state index contributed by atoms with van der Waals surface area (Å²) in [6.07, 6.45) is 25.1. The van der Waals surface area contributed by atoms with Gasteiger partial charge in [-0.15, -0.1) is 0 Å². The molecule has 0 unspecified atom stereocenters. The van der Waals surface area contributed by atoms with Crippen LogP contribution in [0.15, 0.2) is 176 Å². The largest absolute Gasteiger partial charge is 0.493 e. The summed E-state index contributed by atoms with van der Waals surface area (Å²) in [6.45, 7) is 6.13. The van der Waals surface area contributed by atoms with Crippen molar-refractivity contribution >= 4 is 93.3 Å². The van der Waals surface area contributed by atoms with Gasteiger partial charge in [0.1, 0.15) is 34.3 Å². The van der Waals surface area contributed by atoms with E-state index in [0.29, 0.717) is 106 Å². The van der Waals surface area contributed by atoms with E-state index in [-0.39, 0.29) is 66.1 Å². The monoisotopic (exact) mass is 1450 g/mol. The van der Waals surface area contributed by atoms with Crippen LogP contribution in [-0.2, 0) is 44.2 Å². The molecule has 8 amide bonds. The molecule has 4 aliphatic rings. The molecule has 25 nitrogen and oxygen atoms in total. The second-order valence-electron chi connectivity index (χ2n) is 27.8. The number of hydrogen-bond acceptors (Lipinski definition) is 13. The lowest BCUT2D eigenvalue weighted by molar-refractivity contribution is -0.117. The predicted molar refractivity (Wildman–Crippen MR) is 416 cm³/mol. The van der Waals surface area contributed by atoms with Crippen molar-refractivity contribution in [1.82, 2.24) is 38.0 Å². The highest BCUT2D eigenvalue weighted by atomic mass is 16.5. The summed E-state index contributed by atoms with van der Waals surface area (Å²) < 4.78 is 19.0. The summed E-state index contributed by atoms with van der Waals surface area (Å²) in [6, 6.07) is 36.7. The van der Waals surface area contributed by atoms with E-state index in [1.165, 1.54) is 6.42 Å². The van der Waals surface area contributed by atoms with Crippen molar-refractivity contribution in [3.05, 3.63) is 221 Å². The van der Waals surface area contributed by atoms with Crippen LogP contribution in [0.1, 0.15) is 150 Å². The van der Waals surface area contributed by atoms with Gasteiger partial charge in [0.25, 0.3) is 35.4 Å². The Morgan fingerprint density at radius 1 is 0.454 bits per heavy atom. The van der Waals surface area contributed by atoms with E-state index in [9.17, 15) is 38.4 Å². The molecule has 2 fully saturated rings. The number of hydrogen-bond donors (Lipinski definition) is 6. The van der Waals surface area contributed by atoms with Crippen molar-refractivity contribution in [3.63, 3.8) is 0 Å². The number of anilines is 6. The Balaban J connectivity index is 0.000000190. The van der Waals surface area contributed by atoms with E-state index in [1.54, 1.807) is 130 Å². The number of amides is 8. The number of fused-ring (bicyclic) bond motifs is 4. The number of rotatable bonds is 22. The molecular weight excluding hydrogens is 1370 g/mol. The topological polar surface area (TPSA) is 292 Å². The van der Waals surface area contributed by atoms with Crippen molar-refractivity contribution in [2.24, 2.45) is 33.2 Å². The molecule has 10 heterocycles. The van der Waals surface area contributed by atoms with E-state index in [2.05, 4.69) is 51.8 Å². The van der Waals surface area contributed by atoms with E-state index in [0.717, 1.165) is 108 Å². The summed E-state index contributed by atoms with van der Waals surface area (Å²) in [7, 11) is 7.11. The summed E-state index contributed by atoms with van der Waals surface area (Å²) in [5.74, 6) is 0.0446. The highest BCUT2D eigenvalue weighted by Crippen LogP contribution is 2.36. The van der Waals surface area contributed by atoms with Crippen LogP contribution in [0.5, 0.6) is 11.5 Å². The highest BCUT2D eigenvalue weighted by molar-refractivity contribution is 6.08. The Labute approximate surface area is 625 Å². The summed E-state index contributed by atoms with van der Waals surface area (Å²) in [4.78, 5) is 121. The Hall–Kier alpha value is -12.7. The molecule has 0 spiro atoms. The summed E-state index contributed by atoms with van der Waals surface area (Å²) in [5, 5.41) is 17.3. The van der Waals surface area contributed by atoms with Gasteiger partial charge in [0.2, 0.25) is 11.8 Å². The van der Waals surface area contributed by atoms with Crippen LogP contribution in [0.4, 0.5) is 39.8 Å². The van der Waals surface area contributed by atoms with Gasteiger partial charge in [0, 0.05) is 138 Å². The fourth-order valence-electron chi connectivity index (χ4n) is 14.2. The molecule has 0 bridgehead atoms. The number of carbonyl (C=O) groups is 8. The number of benzene rings is 4. The van der Waals surface area contributed by atoms with Crippen LogP contribution in [0.25, 0.3) is 22.3 Å². The maximum Gasteiger partial charge on any atom is 0.272 e. The third-order valence-electron chi connectivity index (χ3n) is 19.9. The van der Waals surface area contributed by atoms with Gasteiger partial charge in [-0.25, -0.2) is 0 Å². The zero-order chi connectivity index (χ0) is 75.5. The maximum atomic E-state index is 13.3. The third kappa shape index (κ3) is 17.5. The fourth-order valence-corrected chi connectivity index (χ4v) is 14.2. The van der Waals surface area contributed by atoms with Crippen LogP contribution in [-0.4, -0.2) is 130 Å². The smallest absolute Gasteiger partial charge is 0.272 e. The lowest BCUT2D eigenvalue weighted by atomic mass is 9.97. The first-order valence-electron chi connectivity index (χ1n) is 36.5. The molecule has 0 aliphatic carbocycles. The maximum absolute atomic E-state index is 13.3. The second kappa shape index (κ2) is 33.2. The molecule has 0 saturated carbocycles. The molecule has 108 heavy (non-hydrogen) atoms. The number of aliphatic imine (C=N–C) groups is 1. The van der Waals surface area contributed by atoms with Crippen molar-refractivity contribution in [2.45, 2.75) is 103 Å². The standard InChI is InChI=1S/C42H45N7O5.C41H42N8O5/c1-27-20-35-29(13-16-34-9-4-5-18-49(34)42(35)53)22-38(27)54-19-7-10-39(50)44-33-23-37(48(3)26-33)41(52)45-31-14-11-28(12-15-31)30-21-36(47(2)25-30)40(51)46-32-8-6-17-43-24-32;1-26-18-33-34(43-23-32-9-4-5-16-49(32)41(33)53)21-37(26)54-17-7-10-38(50)44-31-20-36(48(3)25-31)40(52)45-29-13-11-27(12-14-29)28-19-35(47(2)24-28)39(51)46-30-8-6-15-42-22-30/h6,8,11-12,14-15,17,20-26,34H,4-5,7,9-10,13,16,18-19H2,1-3H3,(H,44,50)(H,45,52)(H,46,51);6,8,11-15,18-25,32H,4-5,7,9-10,16-17H2,1-3H3,(H,44,50)(H,45,52)(H,46,51)/t34-;32-/m00/s1. The molecule has 4 aliphatic heterocycles. The second-order valence-corrected chi connectivity index (χ2v) is 27.8. The van der Waals surface area contributed by atoms with E-state index < -0.39 is 0 Å². The minimum atomic E-state index is -0.327. The average Bonchev–Trinajstić information content (AvgIpc) is 1.59. The molecule has 2 atom stereocenters. The van der Waals surface area contributed by atoms with Gasteiger partial charge >= 0.3 is 0 Å². The fraction of sp³-hybridized carbons (Fsp3) is 0.289. The number of piperidine rings is 2. The van der Waals surface area contributed by atoms with Crippen molar-refractivity contribution in [3.8, 4) is 33.8 Å². The normalized spacial score (nSPS) is 15.0.